The molecule has 0 aliphatic heterocycles. The number of aromatic nitrogens is 4. The quantitative estimate of drug-likeness (QED) is 0.846. The molecule has 6 heteroatoms. The maximum absolute atomic E-state index is 9.61. The third-order valence-electron chi connectivity index (χ3n) is 2.65. The van der Waals surface area contributed by atoms with Crippen LogP contribution in [0.5, 0.6) is 5.75 Å². The number of nitrogens with zero attached hydrogens (tertiary/aromatic N) is 4. The van der Waals surface area contributed by atoms with Crippen molar-refractivity contribution >= 4 is 0 Å². The van der Waals surface area contributed by atoms with Crippen molar-refractivity contribution in [1.29, 1.82) is 0 Å². The molecule has 0 unspecified atom stereocenters. The molecule has 0 aliphatic rings. The minimum atomic E-state index is 0.110. The van der Waals surface area contributed by atoms with Gasteiger partial charge in [0, 0.05) is 18.0 Å². The second-order valence-electron chi connectivity index (χ2n) is 4.80. The van der Waals surface area contributed by atoms with E-state index in [0.29, 0.717) is 11.4 Å². The van der Waals surface area contributed by atoms with Crippen LogP contribution < -0.4 is 4.84 Å². The summed E-state index contributed by atoms with van der Waals surface area (Å²) in [5, 5.41) is 13.4. The monoisotopic (exact) mass is 250 g/mol. The van der Waals surface area contributed by atoms with E-state index >= 15 is 0 Å². The number of hydrogen-bond donors (Lipinski definition) is 1. The molecule has 0 saturated carbocycles. The van der Waals surface area contributed by atoms with E-state index in [1.165, 1.54) is 6.20 Å². The van der Waals surface area contributed by atoms with E-state index in [0.717, 1.165) is 10.7 Å². The Labute approximate surface area is 106 Å². The van der Waals surface area contributed by atoms with Crippen LogP contribution >= 0.6 is 0 Å². The molecule has 1 N–H and O–H groups in total. The molecule has 18 heavy (non-hydrogen) atoms. The molecule has 2 rings (SSSR count). The van der Waals surface area contributed by atoms with Gasteiger partial charge in [0.15, 0.2) is 0 Å². The van der Waals surface area contributed by atoms with E-state index < -0.39 is 0 Å². The summed E-state index contributed by atoms with van der Waals surface area (Å²) >= 11 is 0. The van der Waals surface area contributed by atoms with Gasteiger partial charge in [0.25, 0.3) is 0 Å². The summed E-state index contributed by atoms with van der Waals surface area (Å²) in [5.74, 6) is 1.73. The fourth-order valence-corrected chi connectivity index (χ4v) is 1.81. The van der Waals surface area contributed by atoms with Crippen LogP contribution in [0.1, 0.15) is 51.0 Å². The largest absolute Gasteiger partial charge is 0.411 e. The van der Waals surface area contributed by atoms with Crippen LogP contribution in [0, 0.1) is 0 Å². The minimum absolute atomic E-state index is 0.110. The Morgan fingerprint density at radius 1 is 1.22 bits per heavy atom. The predicted octanol–water partition coefficient (Wildman–Crippen LogP) is 2.41. The normalized spacial score (nSPS) is 11.4. The summed E-state index contributed by atoms with van der Waals surface area (Å²) in [6, 6.07) is 0. The lowest BCUT2D eigenvalue weighted by atomic mass is 10.1. The van der Waals surface area contributed by atoms with Crippen molar-refractivity contribution in [2.45, 2.75) is 39.5 Å². The first kappa shape index (κ1) is 12.5. The molecule has 0 fully saturated rings. The summed E-state index contributed by atoms with van der Waals surface area (Å²) in [5.41, 5.74) is 0.637. The highest BCUT2D eigenvalue weighted by Crippen LogP contribution is 2.26. The fourth-order valence-electron chi connectivity index (χ4n) is 1.81. The van der Waals surface area contributed by atoms with Gasteiger partial charge in [-0.15, -0.1) is 9.94 Å². The molecule has 0 saturated heterocycles. The molecule has 6 nitrogen and oxygen atoms in total. The van der Waals surface area contributed by atoms with Crippen molar-refractivity contribution in [2.24, 2.45) is 0 Å². The molecule has 2 aromatic heterocycles. The summed E-state index contributed by atoms with van der Waals surface area (Å²) in [7, 11) is 0. The summed E-state index contributed by atoms with van der Waals surface area (Å²) in [6.07, 6.45) is 4.93. The topological polar surface area (TPSA) is 65.1 Å². The Morgan fingerprint density at radius 3 is 2.56 bits per heavy atom. The van der Waals surface area contributed by atoms with Crippen molar-refractivity contribution in [1.82, 2.24) is 19.7 Å². The highest BCUT2D eigenvalue weighted by Gasteiger charge is 2.18. The van der Waals surface area contributed by atoms with Gasteiger partial charge in [0.2, 0.25) is 5.75 Å². The Kier molecular flexibility index (Phi) is 3.27. The number of hydrogen-bond acceptors (Lipinski definition) is 4. The first-order valence-electron chi connectivity index (χ1n) is 5.99. The molecule has 0 amide bonds. The van der Waals surface area contributed by atoms with E-state index in [1.807, 2.05) is 27.7 Å². The van der Waals surface area contributed by atoms with Crippen LogP contribution in [0.3, 0.4) is 0 Å². The standard InChI is InChI=1S/C12H18N4O2/c1-8(2)11-10(7-14-16(11)17)18-15-6-5-13-12(15)9(3)4/h5-9,17H,1-4H3. The van der Waals surface area contributed by atoms with Crippen molar-refractivity contribution in [3.8, 4) is 5.75 Å². The zero-order chi connectivity index (χ0) is 13.3. The minimum Gasteiger partial charge on any atom is -0.411 e. The SMILES string of the molecule is CC(C)c1nccn1Oc1cnn(O)c1C(C)C. The second kappa shape index (κ2) is 4.72. The van der Waals surface area contributed by atoms with Crippen LogP contribution in [-0.4, -0.2) is 24.9 Å². The Bertz CT molecular complexity index is 528. The molecule has 0 radical (unpaired) electrons. The van der Waals surface area contributed by atoms with Crippen molar-refractivity contribution < 1.29 is 10.0 Å². The van der Waals surface area contributed by atoms with Gasteiger partial charge in [-0.3, -0.25) is 0 Å². The number of imidazole rings is 1. The van der Waals surface area contributed by atoms with Crippen molar-refractivity contribution in [2.75, 3.05) is 0 Å². The Morgan fingerprint density at radius 2 is 1.94 bits per heavy atom. The van der Waals surface area contributed by atoms with Crippen LogP contribution in [0.4, 0.5) is 0 Å². The molecule has 2 heterocycles. The van der Waals surface area contributed by atoms with Gasteiger partial charge < -0.3 is 10.0 Å². The maximum atomic E-state index is 9.61. The smallest absolute Gasteiger partial charge is 0.200 e. The number of rotatable bonds is 4. The van der Waals surface area contributed by atoms with Crippen LogP contribution in [0.15, 0.2) is 18.6 Å². The van der Waals surface area contributed by atoms with Crippen LogP contribution in [-0.2, 0) is 0 Å². The zero-order valence-electron chi connectivity index (χ0n) is 11.0. The molecule has 0 bridgehead atoms. The van der Waals surface area contributed by atoms with Gasteiger partial charge >= 0.3 is 0 Å². The lowest BCUT2D eigenvalue weighted by Gasteiger charge is -2.12. The molecule has 0 aromatic carbocycles. The average molecular weight is 250 g/mol. The van der Waals surface area contributed by atoms with Gasteiger partial charge in [-0.1, -0.05) is 27.7 Å². The maximum Gasteiger partial charge on any atom is 0.200 e. The van der Waals surface area contributed by atoms with E-state index in [2.05, 4.69) is 10.1 Å². The second-order valence-corrected chi connectivity index (χ2v) is 4.80. The van der Waals surface area contributed by atoms with E-state index in [1.54, 1.807) is 17.1 Å². The average Bonchev–Trinajstić information content (AvgIpc) is 2.86. The fraction of sp³-hybridized carbons (Fsp3) is 0.500. The van der Waals surface area contributed by atoms with Gasteiger partial charge in [0.1, 0.15) is 11.5 Å². The lowest BCUT2D eigenvalue weighted by molar-refractivity contribution is 0.132. The van der Waals surface area contributed by atoms with Crippen LogP contribution in [0.25, 0.3) is 0 Å². The molecule has 0 aliphatic carbocycles. The lowest BCUT2D eigenvalue weighted by Crippen LogP contribution is -2.12. The van der Waals surface area contributed by atoms with Gasteiger partial charge in [-0.05, 0) is 0 Å². The summed E-state index contributed by atoms with van der Waals surface area (Å²) in [4.78, 5) is 10.8. The van der Waals surface area contributed by atoms with E-state index in [4.69, 9.17) is 4.84 Å². The third-order valence-corrected chi connectivity index (χ3v) is 2.65. The summed E-state index contributed by atoms with van der Waals surface area (Å²) < 4.78 is 1.60. The van der Waals surface area contributed by atoms with Gasteiger partial charge in [0.05, 0.1) is 12.4 Å². The van der Waals surface area contributed by atoms with E-state index in [-0.39, 0.29) is 11.8 Å². The first-order valence-corrected chi connectivity index (χ1v) is 5.99. The Hall–Kier alpha value is -1.98. The molecule has 0 spiro atoms. The highest BCUT2D eigenvalue weighted by molar-refractivity contribution is 5.27. The van der Waals surface area contributed by atoms with Crippen molar-refractivity contribution in [3.63, 3.8) is 0 Å². The van der Waals surface area contributed by atoms with Crippen LogP contribution in [0.2, 0.25) is 0 Å². The first-order chi connectivity index (χ1) is 8.50. The highest BCUT2D eigenvalue weighted by atomic mass is 16.7. The van der Waals surface area contributed by atoms with Gasteiger partial charge in [-0.25, -0.2) is 4.98 Å². The van der Waals surface area contributed by atoms with Gasteiger partial charge in [-0.2, -0.15) is 4.73 Å². The summed E-state index contributed by atoms with van der Waals surface area (Å²) in [6.45, 7) is 8.02. The molecular formula is C12H18N4O2. The van der Waals surface area contributed by atoms with E-state index in [9.17, 15) is 5.21 Å². The Balaban J connectivity index is 2.32. The molecule has 2 aromatic rings. The molecule has 98 valence electrons. The zero-order valence-corrected chi connectivity index (χ0v) is 11.0. The third kappa shape index (κ3) is 2.18. The molecular weight excluding hydrogens is 232 g/mol. The molecule has 0 atom stereocenters. The predicted molar refractivity (Wildman–Crippen MR) is 65.8 cm³/mol. The van der Waals surface area contributed by atoms with Crippen molar-refractivity contribution in [3.05, 3.63) is 30.1 Å².